The van der Waals surface area contributed by atoms with E-state index in [0.717, 1.165) is 49.8 Å². The van der Waals surface area contributed by atoms with Crippen LogP contribution in [0.3, 0.4) is 0 Å². The molecule has 0 unspecified atom stereocenters. The molecule has 1 fully saturated rings. The third kappa shape index (κ3) is 3.67. The van der Waals surface area contributed by atoms with Crippen molar-refractivity contribution >= 4 is 5.82 Å². The summed E-state index contributed by atoms with van der Waals surface area (Å²) in [6.45, 7) is 3.81. The monoisotopic (exact) mass is 333 g/mol. The van der Waals surface area contributed by atoms with E-state index in [1.807, 2.05) is 20.0 Å². The molecule has 1 aliphatic rings. The van der Waals surface area contributed by atoms with Crippen LogP contribution in [0.15, 0.2) is 24.8 Å². The summed E-state index contributed by atoms with van der Waals surface area (Å²) in [7, 11) is 2.03. The highest BCUT2D eigenvalue weighted by molar-refractivity contribution is 5.39. The molecule has 24 heavy (non-hydrogen) atoms. The van der Waals surface area contributed by atoms with E-state index < -0.39 is 11.6 Å². The zero-order chi connectivity index (χ0) is 17.1. The van der Waals surface area contributed by atoms with Gasteiger partial charge in [-0.15, -0.1) is 0 Å². The van der Waals surface area contributed by atoms with Crippen molar-refractivity contribution < 1.29 is 8.78 Å². The minimum Gasteiger partial charge on any atom is -0.356 e. The SMILES string of the molecule is Cc1cc(N(C)C2CCN(Cc3c(F)cncc3F)CC2)ncn1. The molecule has 1 saturated heterocycles. The third-order valence-corrected chi connectivity index (χ3v) is 4.59. The zero-order valence-electron chi connectivity index (χ0n) is 13.9. The molecule has 0 radical (unpaired) electrons. The number of hydrogen-bond donors (Lipinski definition) is 0. The minimum atomic E-state index is -0.578. The van der Waals surface area contributed by atoms with Crippen LogP contribution in [-0.2, 0) is 6.54 Å². The highest BCUT2D eigenvalue weighted by Crippen LogP contribution is 2.22. The normalized spacial score (nSPS) is 16.3. The Hall–Kier alpha value is -2.15. The number of rotatable bonds is 4. The summed E-state index contributed by atoms with van der Waals surface area (Å²) in [5, 5.41) is 0. The summed E-state index contributed by atoms with van der Waals surface area (Å²) in [5.74, 6) is -0.247. The van der Waals surface area contributed by atoms with Crippen molar-refractivity contribution in [1.29, 1.82) is 0 Å². The molecule has 0 spiro atoms. The van der Waals surface area contributed by atoms with E-state index in [9.17, 15) is 8.78 Å². The Balaban J connectivity index is 1.60. The van der Waals surface area contributed by atoms with E-state index in [0.29, 0.717) is 6.04 Å². The third-order valence-electron chi connectivity index (χ3n) is 4.59. The summed E-state index contributed by atoms with van der Waals surface area (Å²) < 4.78 is 27.4. The van der Waals surface area contributed by atoms with Gasteiger partial charge < -0.3 is 4.90 Å². The fraction of sp³-hybridized carbons (Fsp3) is 0.471. The second-order valence-electron chi connectivity index (χ2n) is 6.22. The molecule has 0 saturated carbocycles. The number of halogens is 2. The van der Waals surface area contributed by atoms with Crippen LogP contribution >= 0.6 is 0 Å². The van der Waals surface area contributed by atoms with Crippen LogP contribution in [0.4, 0.5) is 14.6 Å². The Morgan fingerprint density at radius 3 is 2.46 bits per heavy atom. The fourth-order valence-corrected chi connectivity index (χ4v) is 3.10. The molecule has 0 amide bonds. The maximum atomic E-state index is 13.7. The molecule has 0 aliphatic carbocycles. The van der Waals surface area contributed by atoms with Gasteiger partial charge in [0, 0.05) is 50.0 Å². The van der Waals surface area contributed by atoms with Crippen molar-refractivity contribution in [3.05, 3.63) is 47.7 Å². The summed E-state index contributed by atoms with van der Waals surface area (Å²) in [4.78, 5) is 16.2. The maximum Gasteiger partial charge on any atom is 0.148 e. The van der Waals surface area contributed by atoms with Gasteiger partial charge in [-0.2, -0.15) is 0 Å². The lowest BCUT2D eigenvalue weighted by Gasteiger charge is -2.37. The summed E-state index contributed by atoms with van der Waals surface area (Å²) >= 11 is 0. The molecule has 0 N–H and O–H groups in total. The van der Waals surface area contributed by atoms with Gasteiger partial charge in [-0.1, -0.05) is 0 Å². The average molecular weight is 333 g/mol. The van der Waals surface area contributed by atoms with Gasteiger partial charge in [0.15, 0.2) is 0 Å². The molecule has 5 nitrogen and oxygen atoms in total. The van der Waals surface area contributed by atoms with E-state index >= 15 is 0 Å². The van der Waals surface area contributed by atoms with E-state index in [-0.39, 0.29) is 12.1 Å². The van der Waals surface area contributed by atoms with Crippen molar-refractivity contribution in [2.45, 2.75) is 32.4 Å². The van der Waals surface area contributed by atoms with Gasteiger partial charge in [-0.3, -0.25) is 9.88 Å². The van der Waals surface area contributed by atoms with Gasteiger partial charge in [-0.25, -0.2) is 18.7 Å². The fourth-order valence-electron chi connectivity index (χ4n) is 3.10. The van der Waals surface area contributed by atoms with Crippen LogP contribution < -0.4 is 4.90 Å². The number of nitrogens with zero attached hydrogens (tertiary/aromatic N) is 5. The summed E-state index contributed by atoms with van der Waals surface area (Å²) in [5.41, 5.74) is 1.04. The number of piperidine rings is 1. The topological polar surface area (TPSA) is 45.2 Å². The second-order valence-corrected chi connectivity index (χ2v) is 6.22. The number of anilines is 1. The molecule has 128 valence electrons. The zero-order valence-corrected chi connectivity index (χ0v) is 13.9. The quantitative estimate of drug-likeness (QED) is 0.860. The summed E-state index contributed by atoms with van der Waals surface area (Å²) in [6, 6.07) is 2.33. The van der Waals surface area contributed by atoms with Gasteiger partial charge >= 0.3 is 0 Å². The number of pyridine rings is 1. The van der Waals surface area contributed by atoms with Crippen molar-refractivity contribution in [2.24, 2.45) is 0 Å². The van der Waals surface area contributed by atoms with Crippen molar-refractivity contribution in [3.8, 4) is 0 Å². The van der Waals surface area contributed by atoms with Gasteiger partial charge in [0.1, 0.15) is 23.8 Å². The summed E-state index contributed by atoms with van der Waals surface area (Å²) in [6.07, 6.45) is 5.56. The lowest BCUT2D eigenvalue weighted by atomic mass is 10.0. The standard InChI is InChI=1S/C17H21F2N5/c1-12-7-17(22-11-21-12)23(2)13-3-5-24(6-4-13)10-14-15(18)8-20-9-16(14)19/h7-9,11,13H,3-6,10H2,1-2H3. The predicted molar refractivity (Wildman–Crippen MR) is 87.6 cm³/mol. The maximum absolute atomic E-state index is 13.7. The molecular weight excluding hydrogens is 312 g/mol. The van der Waals surface area contributed by atoms with Crippen LogP contribution in [0, 0.1) is 18.6 Å². The average Bonchev–Trinajstić information content (AvgIpc) is 2.58. The predicted octanol–water partition coefficient (Wildman–Crippen LogP) is 2.56. The Morgan fingerprint density at radius 2 is 1.83 bits per heavy atom. The van der Waals surface area contributed by atoms with Crippen molar-refractivity contribution in [3.63, 3.8) is 0 Å². The van der Waals surface area contributed by atoms with Gasteiger partial charge in [0.25, 0.3) is 0 Å². The van der Waals surface area contributed by atoms with Gasteiger partial charge in [0.05, 0.1) is 12.4 Å². The number of aryl methyl sites for hydroxylation is 1. The molecule has 0 bridgehead atoms. The van der Waals surface area contributed by atoms with Crippen LogP contribution in [0.25, 0.3) is 0 Å². The lowest BCUT2D eigenvalue weighted by Crippen LogP contribution is -2.43. The first-order valence-electron chi connectivity index (χ1n) is 8.06. The molecule has 2 aromatic rings. The first-order valence-corrected chi connectivity index (χ1v) is 8.06. The van der Waals surface area contributed by atoms with Crippen LogP contribution in [-0.4, -0.2) is 46.0 Å². The Kier molecular flexibility index (Phi) is 4.99. The highest BCUT2D eigenvalue weighted by Gasteiger charge is 2.24. The second kappa shape index (κ2) is 7.17. The largest absolute Gasteiger partial charge is 0.356 e. The Morgan fingerprint density at radius 1 is 1.17 bits per heavy atom. The lowest BCUT2D eigenvalue weighted by molar-refractivity contribution is 0.198. The Bertz CT molecular complexity index is 681. The smallest absolute Gasteiger partial charge is 0.148 e. The molecule has 0 aromatic carbocycles. The molecule has 2 aromatic heterocycles. The number of aromatic nitrogens is 3. The molecule has 0 atom stereocenters. The first kappa shape index (κ1) is 16.7. The van der Waals surface area contributed by atoms with Crippen LogP contribution in [0.2, 0.25) is 0 Å². The number of hydrogen-bond acceptors (Lipinski definition) is 5. The van der Waals surface area contributed by atoms with Crippen molar-refractivity contribution in [1.82, 2.24) is 19.9 Å². The molecular formula is C17H21F2N5. The van der Waals surface area contributed by atoms with Gasteiger partial charge in [-0.05, 0) is 19.8 Å². The highest BCUT2D eigenvalue weighted by atomic mass is 19.1. The van der Waals surface area contributed by atoms with E-state index in [4.69, 9.17) is 0 Å². The first-order chi connectivity index (χ1) is 11.5. The van der Waals surface area contributed by atoms with E-state index in [2.05, 4.69) is 24.8 Å². The molecule has 7 heteroatoms. The minimum absolute atomic E-state index is 0.100. The van der Waals surface area contributed by atoms with Crippen LogP contribution in [0.1, 0.15) is 24.1 Å². The van der Waals surface area contributed by atoms with Crippen LogP contribution in [0.5, 0.6) is 0 Å². The van der Waals surface area contributed by atoms with E-state index in [1.165, 1.54) is 0 Å². The van der Waals surface area contributed by atoms with Gasteiger partial charge in [0.2, 0.25) is 0 Å². The van der Waals surface area contributed by atoms with Crippen molar-refractivity contribution in [2.75, 3.05) is 25.0 Å². The molecule has 3 heterocycles. The molecule has 3 rings (SSSR count). The Labute approximate surface area is 140 Å². The number of likely N-dealkylation sites (tertiary alicyclic amines) is 1. The molecule has 1 aliphatic heterocycles. The van der Waals surface area contributed by atoms with E-state index in [1.54, 1.807) is 6.33 Å².